The molecule has 1 aromatic carbocycles. The number of carbonyl (C=O) groups is 1. The van der Waals surface area contributed by atoms with Gasteiger partial charge in [0, 0.05) is 17.7 Å². The second kappa shape index (κ2) is 7.28. The average molecular weight is 377 g/mol. The van der Waals surface area contributed by atoms with E-state index in [1.807, 2.05) is 6.07 Å². The van der Waals surface area contributed by atoms with Crippen LogP contribution in [0.5, 0.6) is 5.75 Å². The minimum absolute atomic E-state index is 0.0646. The molecule has 0 unspecified atom stereocenters. The number of amides is 1. The number of methoxy groups -OCH3 is 1. The van der Waals surface area contributed by atoms with Crippen LogP contribution in [0.2, 0.25) is 0 Å². The number of hydrogen-bond donors (Lipinski definition) is 1. The van der Waals surface area contributed by atoms with Crippen molar-refractivity contribution >= 4 is 15.7 Å². The van der Waals surface area contributed by atoms with Crippen molar-refractivity contribution in [3.63, 3.8) is 0 Å². The highest BCUT2D eigenvalue weighted by Crippen LogP contribution is 2.21. The predicted octanol–water partition coefficient (Wildman–Crippen LogP) is 0.222. The summed E-state index contributed by atoms with van der Waals surface area (Å²) in [7, 11) is -1.53. The molecule has 1 saturated heterocycles. The quantitative estimate of drug-likeness (QED) is 0.799. The largest absolute Gasteiger partial charge is 0.497 e. The van der Waals surface area contributed by atoms with E-state index in [1.54, 1.807) is 31.4 Å². The molecule has 138 valence electrons. The molecule has 1 N–H and O–H groups in total. The van der Waals surface area contributed by atoms with Crippen LogP contribution in [0.3, 0.4) is 0 Å². The van der Waals surface area contributed by atoms with Crippen LogP contribution in [0.1, 0.15) is 6.42 Å². The summed E-state index contributed by atoms with van der Waals surface area (Å²) >= 11 is 0. The predicted molar refractivity (Wildman–Crippen MR) is 95.7 cm³/mol. The zero-order valence-corrected chi connectivity index (χ0v) is 15.0. The Morgan fingerprint density at radius 2 is 2.15 bits per heavy atom. The second-order valence-corrected chi connectivity index (χ2v) is 8.34. The zero-order valence-electron chi connectivity index (χ0n) is 14.2. The molecule has 0 radical (unpaired) electrons. The first-order valence-corrected chi connectivity index (χ1v) is 9.91. The number of ether oxygens (including phenoxy) is 1. The van der Waals surface area contributed by atoms with Gasteiger partial charge in [-0.1, -0.05) is 12.1 Å². The maximum atomic E-state index is 12.2. The van der Waals surface area contributed by atoms with Crippen LogP contribution in [0.25, 0.3) is 11.3 Å². The van der Waals surface area contributed by atoms with Crippen molar-refractivity contribution in [3.05, 3.63) is 46.8 Å². The molecule has 0 bridgehead atoms. The van der Waals surface area contributed by atoms with Gasteiger partial charge in [0.25, 0.3) is 5.56 Å². The molecule has 0 aliphatic carbocycles. The van der Waals surface area contributed by atoms with E-state index in [-0.39, 0.29) is 18.1 Å². The number of nitrogens with one attached hydrogen (secondary N) is 1. The summed E-state index contributed by atoms with van der Waals surface area (Å²) in [5.74, 6) is 0.221. The first-order valence-electron chi connectivity index (χ1n) is 8.09. The van der Waals surface area contributed by atoms with Crippen LogP contribution in [0, 0.1) is 0 Å². The zero-order chi connectivity index (χ0) is 18.7. The molecular weight excluding hydrogens is 358 g/mol. The van der Waals surface area contributed by atoms with E-state index >= 15 is 0 Å². The van der Waals surface area contributed by atoms with E-state index in [0.29, 0.717) is 17.9 Å². The second-order valence-electron chi connectivity index (χ2n) is 6.11. The maximum absolute atomic E-state index is 12.2. The van der Waals surface area contributed by atoms with Gasteiger partial charge in [0.1, 0.15) is 12.3 Å². The van der Waals surface area contributed by atoms with Gasteiger partial charge < -0.3 is 10.1 Å². The van der Waals surface area contributed by atoms with Crippen LogP contribution in [0.4, 0.5) is 0 Å². The Labute approximate surface area is 150 Å². The van der Waals surface area contributed by atoms with Crippen molar-refractivity contribution in [2.24, 2.45) is 0 Å². The lowest BCUT2D eigenvalue weighted by molar-refractivity contribution is -0.122. The highest BCUT2D eigenvalue weighted by molar-refractivity contribution is 7.91. The number of sulfone groups is 1. The van der Waals surface area contributed by atoms with Gasteiger partial charge in [-0.05, 0) is 24.6 Å². The van der Waals surface area contributed by atoms with Gasteiger partial charge in [-0.15, -0.1) is 0 Å². The number of benzene rings is 1. The minimum Gasteiger partial charge on any atom is -0.497 e. The molecule has 1 aliphatic heterocycles. The Morgan fingerprint density at radius 3 is 2.85 bits per heavy atom. The van der Waals surface area contributed by atoms with Gasteiger partial charge in [0.05, 0.1) is 24.3 Å². The summed E-state index contributed by atoms with van der Waals surface area (Å²) < 4.78 is 29.2. The van der Waals surface area contributed by atoms with Gasteiger partial charge in [0.15, 0.2) is 9.84 Å². The molecule has 3 rings (SSSR count). The Kier molecular flexibility index (Phi) is 5.08. The lowest BCUT2D eigenvalue weighted by atomic mass is 10.1. The van der Waals surface area contributed by atoms with E-state index in [4.69, 9.17) is 4.74 Å². The van der Waals surface area contributed by atoms with Crippen molar-refractivity contribution in [1.29, 1.82) is 0 Å². The molecule has 1 aromatic heterocycles. The molecule has 0 saturated carbocycles. The summed E-state index contributed by atoms with van der Waals surface area (Å²) in [6.07, 6.45) is 0.389. The van der Waals surface area contributed by atoms with Crippen molar-refractivity contribution < 1.29 is 17.9 Å². The number of aromatic nitrogens is 2. The van der Waals surface area contributed by atoms with Gasteiger partial charge in [0.2, 0.25) is 5.91 Å². The smallest absolute Gasteiger partial charge is 0.267 e. The molecule has 1 aliphatic rings. The molecule has 1 atom stereocenters. The minimum atomic E-state index is -3.08. The molecule has 1 fully saturated rings. The Hall–Kier alpha value is -2.68. The summed E-state index contributed by atoms with van der Waals surface area (Å²) in [5, 5.41) is 6.88. The number of rotatable bonds is 5. The topological polar surface area (TPSA) is 107 Å². The molecule has 1 amide bonds. The fourth-order valence-electron chi connectivity index (χ4n) is 2.82. The van der Waals surface area contributed by atoms with E-state index in [2.05, 4.69) is 10.4 Å². The number of nitrogens with zero attached hydrogens (tertiary/aromatic N) is 2. The van der Waals surface area contributed by atoms with Gasteiger partial charge >= 0.3 is 0 Å². The van der Waals surface area contributed by atoms with Crippen LogP contribution in [0.15, 0.2) is 41.2 Å². The number of hydrogen-bond acceptors (Lipinski definition) is 6. The third kappa shape index (κ3) is 4.29. The fraction of sp³-hybridized carbons (Fsp3) is 0.353. The summed E-state index contributed by atoms with van der Waals surface area (Å²) in [6.45, 7) is -0.271. The van der Waals surface area contributed by atoms with Crippen LogP contribution in [-0.2, 0) is 21.2 Å². The van der Waals surface area contributed by atoms with Crippen molar-refractivity contribution in [2.45, 2.75) is 19.0 Å². The van der Waals surface area contributed by atoms with E-state index in [0.717, 1.165) is 10.2 Å². The van der Waals surface area contributed by atoms with Crippen molar-refractivity contribution in [2.75, 3.05) is 18.6 Å². The van der Waals surface area contributed by atoms with Gasteiger partial charge in [-0.25, -0.2) is 13.1 Å². The number of carbonyl (C=O) groups excluding carboxylic acids is 1. The maximum Gasteiger partial charge on any atom is 0.267 e. The molecule has 2 heterocycles. The highest BCUT2D eigenvalue weighted by Gasteiger charge is 2.28. The van der Waals surface area contributed by atoms with Crippen molar-refractivity contribution in [3.8, 4) is 17.0 Å². The lowest BCUT2D eigenvalue weighted by Gasteiger charge is -2.12. The monoisotopic (exact) mass is 377 g/mol. The van der Waals surface area contributed by atoms with Crippen molar-refractivity contribution in [1.82, 2.24) is 15.1 Å². The van der Waals surface area contributed by atoms with E-state index in [1.165, 1.54) is 6.07 Å². The van der Waals surface area contributed by atoms with E-state index in [9.17, 15) is 18.0 Å². The van der Waals surface area contributed by atoms with Crippen LogP contribution in [-0.4, -0.2) is 48.8 Å². The molecule has 8 nitrogen and oxygen atoms in total. The summed E-state index contributed by atoms with van der Waals surface area (Å²) in [5.41, 5.74) is 0.867. The molecular formula is C17H19N3O5S. The van der Waals surface area contributed by atoms with Crippen LogP contribution >= 0.6 is 0 Å². The highest BCUT2D eigenvalue weighted by atomic mass is 32.2. The van der Waals surface area contributed by atoms with E-state index < -0.39 is 27.3 Å². The average Bonchev–Trinajstić information content (AvgIpc) is 2.95. The normalized spacial score (nSPS) is 18.4. The first-order chi connectivity index (χ1) is 12.4. The summed E-state index contributed by atoms with van der Waals surface area (Å²) in [6, 6.07) is 9.71. The Morgan fingerprint density at radius 1 is 1.35 bits per heavy atom. The molecule has 9 heteroatoms. The van der Waals surface area contributed by atoms with Crippen LogP contribution < -0.4 is 15.6 Å². The third-order valence-electron chi connectivity index (χ3n) is 4.12. The first kappa shape index (κ1) is 18.1. The third-order valence-corrected chi connectivity index (χ3v) is 5.89. The van der Waals surface area contributed by atoms with Gasteiger partial charge in [-0.3, -0.25) is 9.59 Å². The molecule has 2 aromatic rings. The molecule has 0 spiro atoms. The fourth-order valence-corrected chi connectivity index (χ4v) is 4.49. The Bertz CT molecular complexity index is 984. The summed E-state index contributed by atoms with van der Waals surface area (Å²) in [4.78, 5) is 24.2. The Balaban J connectivity index is 1.75. The van der Waals surface area contributed by atoms with Gasteiger partial charge in [-0.2, -0.15) is 5.10 Å². The molecule has 26 heavy (non-hydrogen) atoms. The SMILES string of the molecule is COc1cccc(-c2ccc(=O)n(CC(=O)N[C@@H]3CCS(=O)(=O)C3)n2)c1. The standard InChI is InChI=1S/C17H19N3O5S/c1-25-14-4-2-3-12(9-14)15-5-6-17(22)20(19-15)10-16(21)18-13-7-8-26(23,24)11-13/h2-6,9,13H,7-8,10-11H2,1H3,(H,18,21)/t13-/m1/s1. The lowest BCUT2D eigenvalue weighted by Crippen LogP contribution is -2.40.